The Bertz CT molecular complexity index is 903. The van der Waals surface area contributed by atoms with E-state index in [1.165, 1.54) is 20.3 Å². The van der Waals surface area contributed by atoms with Gasteiger partial charge in [-0.1, -0.05) is 0 Å². The third kappa shape index (κ3) is 4.04. The highest BCUT2D eigenvalue weighted by atomic mass is 32.2. The molecule has 0 aliphatic carbocycles. The average Bonchev–Trinajstić information content (AvgIpc) is 3.11. The van der Waals surface area contributed by atoms with Crippen LogP contribution in [0.4, 0.5) is 5.69 Å². The fourth-order valence-corrected chi connectivity index (χ4v) is 5.09. The van der Waals surface area contributed by atoms with Crippen LogP contribution in [0.5, 0.6) is 0 Å². The number of carbonyl (C=O) groups excluding carboxylic acids is 1. The molecular weight excluding hydrogens is 356 g/mol. The maximum atomic E-state index is 12.5. The van der Waals surface area contributed by atoms with E-state index in [1.807, 2.05) is 6.92 Å². The number of sulfonamides is 1. The van der Waals surface area contributed by atoms with Crippen molar-refractivity contribution >= 4 is 33.0 Å². The number of hydrogen-bond donors (Lipinski definition) is 1. The lowest BCUT2D eigenvalue weighted by Crippen LogP contribution is -2.34. The van der Waals surface area contributed by atoms with Crippen molar-refractivity contribution in [1.82, 2.24) is 5.32 Å². The van der Waals surface area contributed by atoms with Crippen LogP contribution in [-0.2, 0) is 22.9 Å². The number of nitrogens with zero attached hydrogens (tertiary/aromatic N) is 1. The summed E-state index contributed by atoms with van der Waals surface area (Å²) in [5.74, 6) is -0.124. The van der Waals surface area contributed by atoms with Gasteiger partial charge in [-0.25, -0.2) is 8.42 Å². The van der Waals surface area contributed by atoms with E-state index in [0.29, 0.717) is 24.2 Å². The normalized spacial score (nSPS) is 15.1. The number of carbonyl (C=O) groups is 1. The summed E-state index contributed by atoms with van der Waals surface area (Å²) >= 11 is 1.74. The minimum absolute atomic E-state index is 0.0336. The SMILES string of the molecule is Cc1ccc(CC(C)NC(=O)c2ccc3c(c2)CCN3S(C)(=O)=O)s1. The number of hydrogen-bond acceptors (Lipinski definition) is 4. The monoisotopic (exact) mass is 378 g/mol. The number of rotatable bonds is 5. The molecule has 1 aliphatic rings. The Morgan fingerprint density at radius 3 is 2.72 bits per heavy atom. The molecule has 1 amide bonds. The van der Waals surface area contributed by atoms with Gasteiger partial charge in [-0.15, -0.1) is 11.3 Å². The molecule has 0 saturated carbocycles. The average molecular weight is 379 g/mol. The molecule has 2 heterocycles. The zero-order valence-electron chi connectivity index (χ0n) is 14.6. The Morgan fingerprint density at radius 2 is 2.08 bits per heavy atom. The van der Waals surface area contributed by atoms with E-state index in [4.69, 9.17) is 0 Å². The molecule has 0 fully saturated rings. The minimum Gasteiger partial charge on any atom is -0.349 e. The van der Waals surface area contributed by atoms with Gasteiger partial charge in [0.1, 0.15) is 0 Å². The first-order chi connectivity index (χ1) is 11.7. The zero-order chi connectivity index (χ0) is 18.2. The minimum atomic E-state index is -3.27. The lowest BCUT2D eigenvalue weighted by molar-refractivity contribution is 0.0940. The van der Waals surface area contributed by atoms with Gasteiger partial charge in [0.25, 0.3) is 5.91 Å². The van der Waals surface area contributed by atoms with E-state index in [2.05, 4.69) is 24.4 Å². The molecule has 0 spiro atoms. The number of fused-ring (bicyclic) bond motifs is 1. The molecular formula is C18H22N2O3S2. The van der Waals surface area contributed by atoms with Crippen molar-refractivity contribution in [2.75, 3.05) is 17.1 Å². The first-order valence-corrected chi connectivity index (χ1v) is 10.9. The number of amides is 1. The Labute approximate surface area is 152 Å². The van der Waals surface area contributed by atoms with Crippen LogP contribution in [-0.4, -0.2) is 33.2 Å². The van der Waals surface area contributed by atoms with Crippen LogP contribution >= 0.6 is 11.3 Å². The highest BCUT2D eigenvalue weighted by Gasteiger charge is 2.26. The second-order valence-corrected chi connectivity index (χ2v) is 9.80. The van der Waals surface area contributed by atoms with Gasteiger partial charge in [-0.05, 0) is 56.2 Å². The van der Waals surface area contributed by atoms with Crippen LogP contribution < -0.4 is 9.62 Å². The smallest absolute Gasteiger partial charge is 0.251 e. The maximum absolute atomic E-state index is 12.5. The van der Waals surface area contributed by atoms with Crippen molar-refractivity contribution in [3.63, 3.8) is 0 Å². The summed E-state index contributed by atoms with van der Waals surface area (Å²) in [5, 5.41) is 3.02. The van der Waals surface area contributed by atoms with Crippen LogP contribution in [0.1, 0.15) is 32.6 Å². The standard InChI is InChI=1S/C18H22N2O3S2/c1-12(10-16-6-4-13(2)24-16)19-18(21)15-5-7-17-14(11-15)8-9-20(17)25(3,22)23/h4-7,11-12H,8-10H2,1-3H3,(H,19,21). The van der Waals surface area contributed by atoms with Gasteiger partial charge in [0.2, 0.25) is 10.0 Å². The van der Waals surface area contributed by atoms with Crippen LogP contribution in [0.3, 0.4) is 0 Å². The summed E-state index contributed by atoms with van der Waals surface area (Å²) in [6, 6.07) is 9.44. The molecule has 1 aliphatic heterocycles. The Morgan fingerprint density at radius 1 is 1.32 bits per heavy atom. The molecule has 3 rings (SSSR count). The number of aryl methyl sites for hydroxylation is 1. The number of benzene rings is 1. The number of anilines is 1. The molecule has 1 N–H and O–H groups in total. The highest BCUT2D eigenvalue weighted by Crippen LogP contribution is 2.30. The van der Waals surface area contributed by atoms with Crippen molar-refractivity contribution in [2.24, 2.45) is 0 Å². The third-order valence-electron chi connectivity index (χ3n) is 4.28. The van der Waals surface area contributed by atoms with Gasteiger partial charge in [0, 0.05) is 34.3 Å². The van der Waals surface area contributed by atoms with Crippen LogP contribution in [0.15, 0.2) is 30.3 Å². The van der Waals surface area contributed by atoms with E-state index in [0.717, 1.165) is 12.0 Å². The number of nitrogens with one attached hydrogen (secondary N) is 1. The van der Waals surface area contributed by atoms with E-state index >= 15 is 0 Å². The van der Waals surface area contributed by atoms with E-state index in [9.17, 15) is 13.2 Å². The molecule has 1 atom stereocenters. The van der Waals surface area contributed by atoms with Gasteiger partial charge in [-0.2, -0.15) is 0 Å². The first-order valence-electron chi connectivity index (χ1n) is 8.21. The van der Waals surface area contributed by atoms with Gasteiger partial charge in [-0.3, -0.25) is 9.10 Å². The van der Waals surface area contributed by atoms with E-state index in [1.54, 1.807) is 29.5 Å². The molecule has 7 heteroatoms. The summed E-state index contributed by atoms with van der Waals surface area (Å²) < 4.78 is 25.0. The summed E-state index contributed by atoms with van der Waals surface area (Å²) in [6.07, 6.45) is 2.64. The van der Waals surface area contributed by atoms with Crippen LogP contribution in [0.2, 0.25) is 0 Å². The molecule has 1 aromatic carbocycles. The van der Waals surface area contributed by atoms with Gasteiger partial charge < -0.3 is 5.32 Å². The van der Waals surface area contributed by atoms with E-state index in [-0.39, 0.29) is 11.9 Å². The Hall–Kier alpha value is -1.86. The van der Waals surface area contributed by atoms with Gasteiger partial charge >= 0.3 is 0 Å². The highest BCUT2D eigenvalue weighted by molar-refractivity contribution is 7.92. The topological polar surface area (TPSA) is 66.5 Å². The fraction of sp³-hybridized carbons (Fsp3) is 0.389. The predicted molar refractivity (Wildman–Crippen MR) is 102 cm³/mol. The van der Waals surface area contributed by atoms with Crippen molar-refractivity contribution in [3.8, 4) is 0 Å². The molecule has 0 bridgehead atoms. The molecule has 1 unspecified atom stereocenters. The quantitative estimate of drug-likeness (QED) is 0.870. The summed E-state index contributed by atoms with van der Waals surface area (Å²) in [6.45, 7) is 4.50. The third-order valence-corrected chi connectivity index (χ3v) is 6.48. The zero-order valence-corrected chi connectivity index (χ0v) is 16.2. The predicted octanol–water partition coefficient (Wildman–Crippen LogP) is 2.74. The summed E-state index contributed by atoms with van der Waals surface area (Å²) in [4.78, 5) is 15.0. The molecule has 0 saturated heterocycles. The van der Waals surface area contributed by atoms with Gasteiger partial charge in [0.05, 0.1) is 11.9 Å². The molecule has 25 heavy (non-hydrogen) atoms. The lowest BCUT2D eigenvalue weighted by Gasteiger charge is -2.17. The molecule has 2 aromatic rings. The Balaban J connectivity index is 1.69. The van der Waals surface area contributed by atoms with Crippen LogP contribution in [0, 0.1) is 6.92 Å². The largest absolute Gasteiger partial charge is 0.349 e. The first kappa shape index (κ1) is 17.9. The van der Waals surface area contributed by atoms with Crippen molar-refractivity contribution < 1.29 is 13.2 Å². The van der Waals surface area contributed by atoms with Crippen molar-refractivity contribution in [3.05, 3.63) is 51.2 Å². The molecule has 134 valence electrons. The van der Waals surface area contributed by atoms with Crippen LogP contribution in [0.25, 0.3) is 0 Å². The summed E-state index contributed by atoms with van der Waals surface area (Å²) in [5.41, 5.74) is 2.16. The second kappa shape index (κ2) is 6.80. The van der Waals surface area contributed by atoms with E-state index < -0.39 is 10.0 Å². The molecule has 0 radical (unpaired) electrons. The maximum Gasteiger partial charge on any atom is 0.251 e. The Kier molecular flexibility index (Phi) is 4.88. The van der Waals surface area contributed by atoms with Crippen molar-refractivity contribution in [2.45, 2.75) is 32.7 Å². The second-order valence-electron chi connectivity index (χ2n) is 6.52. The van der Waals surface area contributed by atoms with Crippen molar-refractivity contribution in [1.29, 1.82) is 0 Å². The van der Waals surface area contributed by atoms with Gasteiger partial charge in [0.15, 0.2) is 0 Å². The fourth-order valence-electron chi connectivity index (χ4n) is 3.11. The lowest BCUT2D eigenvalue weighted by atomic mass is 10.1. The molecule has 1 aromatic heterocycles. The number of thiophene rings is 1. The molecule has 5 nitrogen and oxygen atoms in total. The summed E-state index contributed by atoms with van der Waals surface area (Å²) in [7, 11) is -3.27.